The van der Waals surface area contributed by atoms with Crippen LogP contribution in [0.2, 0.25) is 0 Å². The summed E-state index contributed by atoms with van der Waals surface area (Å²) in [6.07, 6.45) is 5.89. The predicted octanol–water partition coefficient (Wildman–Crippen LogP) is 3.45. The number of fused-ring (bicyclic) bond motifs is 2. The zero-order valence-electron chi connectivity index (χ0n) is 35.4. The van der Waals surface area contributed by atoms with Crippen molar-refractivity contribution >= 4 is 64.3 Å². The normalized spacial score (nSPS) is 21.4. The molecule has 0 radical (unpaired) electrons. The maximum absolute atomic E-state index is 15.7. The van der Waals surface area contributed by atoms with E-state index in [1.807, 2.05) is 0 Å². The summed E-state index contributed by atoms with van der Waals surface area (Å²) in [6, 6.07) is 5.60. The second kappa shape index (κ2) is 18.4. The topological polar surface area (TPSA) is 208 Å². The summed E-state index contributed by atoms with van der Waals surface area (Å²) in [5.41, 5.74) is 0.748. The quantitative estimate of drug-likeness (QED) is 0.135. The van der Waals surface area contributed by atoms with Crippen molar-refractivity contribution in [2.24, 2.45) is 0 Å². The molecule has 1 aliphatic carbocycles. The van der Waals surface area contributed by atoms with Crippen LogP contribution in [0.3, 0.4) is 0 Å². The molecule has 1 saturated carbocycles. The molecule has 0 spiro atoms. The number of aromatic nitrogens is 2. The molecule has 2 aromatic carbocycles. The van der Waals surface area contributed by atoms with E-state index in [0.717, 1.165) is 41.7 Å². The summed E-state index contributed by atoms with van der Waals surface area (Å²) in [6.45, 7) is 1.95. The van der Waals surface area contributed by atoms with Crippen molar-refractivity contribution in [3.05, 3.63) is 59.0 Å². The lowest BCUT2D eigenvalue weighted by Crippen LogP contribution is -2.54. The summed E-state index contributed by atoms with van der Waals surface area (Å²) < 4.78 is 57.2. The highest BCUT2D eigenvalue weighted by Crippen LogP contribution is 2.40. The highest BCUT2D eigenvalue weighted by Gasteiger charge is 2.49. The molecule has 64 heavy (non-hydrogen) atoms. The van der Waals surface area contributed by atoms with E-state index in [9.17, 15) is 28.8 Å². The summed E-state index contributed by atoms with van der Waals surface area (Å²) in [4.78, 5) is 90.8. The number of carbonyl (C=O) groups excluding carboxylic acids is 6. The van der Waals surface area contributed by atoms with E-state index in [0.29, 0.717) is 51.2 Å². The highest BCUT2D eigenvalue weighted by molar-refractivity contribution is 6.25. The number of likely N-dealkylation sites (tertiary alicyclic amines) is 1. The van der Waals surface area contributed by atoms with Crippen molar-refractivity contribution in [1.82, 2.24) is 30.4 Å². The van der Waals surface area contributed by atoms with Gasteiger partial charge in [0.25, 0.3) is 23.6 Å². The minimum Gasteiger partial charge on any atom is -0.495 e. The third kappa shape index (κ3) is 8.90. The molecule has 8 rings (SSSR count). The largest absolute Gasteiger partial charge is 0.495 e. The number of piperidine rings is 2. The van der Waals surface area contributed by atoms with E-state index in [1.165, 1.54) is 37.4 Å². The van der Waals surface area contributed by atoms with Crippen LogP contribution in [0.5, 0.6) is 5.75 Å². The third-order valence-corrected chi connectivity index (χ3v) is 12.3. The average molecular weight is 891 g/mol. The van der Waals surface area contributed by atoms with E-state index in [2.05, 4.69) is 36.1 Å². The minimum absolute atomic E-state index is 0.0282. The average Bonchev–Trinajstić information content (AvgIpc) is 3.88. The Morgan fingerprint density at radius 2 is 1.80 bits per heavy atom. The molecule has 21 heteroatoms. The summed E-state index contributed by atoms with van der Waals surface area (Å²) >= 11 is 0. The van der Waals surface area contributed by atoms with Crippen LogP contribution in [0.15, 0.2) is 36.5 Å². The number of rotatable bonds is 14. The lowest BCUT2D eigenvalue weighted by atomic mass is 10.0. The number of hydrogen-bond donors (Lipinski definition) is 4. The van der Waals surface area contributed by atoms with E-state index in [4.69, 9.17) is 9.47 Å². The Labute approximate surface area is 366 Å². The number of methoxy groups -OCH3 is 1. The van der Waals surface area contributed by atoms with Gasteiger partial charge in [-0.05, 0) is 56.8 Å². The van der Waals surface area contributed by atoms with Crippen molar-refractivity contribution in [3.8, 4) is 5.75 Å². The van der Waals surface area contributed by atoms with Gasteiger partial charge >= 0.3 is 5.92 Å². The van der Waals surface area contributed by atoms with Gasteiger partial charge in [-0.1, -0.05) is 18.9 Å². The number of amides is 6. The number of alkyl halides is 2. The van der Waals surface area contributed by atoms with Crippen LogP contribution in [-0.2, 0) is 19.1 Å². The molecule has 5 aliphatic rings. The molecule has 6 amide bonds. The fraction of sp³-hybridized carbons (Fsp3) is 0.488. The molecule has 4 aliphatic heterocycles. The van der Waals surface area contributed by atoms with E-state index >= 15 is 13.2 Å². The van der Waals surface area contributed by atoms with Gasteiger partial charge in [-0.3, -0.25) is 43.9 Å². The van der Waals surface area contributed by atoms with Gasteiger partial charge in [-0.25, -0.2) is 9.37 Å². The van der Waals surface area contributed by atoms with Crippen molar-refractivity contribution in [1.29, 1.82) is 0 Å². The van der Waals surface area contributed by atoms with Gasteiger partial charge in [0.05, 0.1) is 55.4 Å². The number of hydrogen-bond acceptors (Lipinski definition) is 14. The first-order valence-electron chi connectivity index (χ1n) is 21.4. The van der Waals surface area contributed by atoms with Crippen LogP contribution in [0.4, 0.5) is 42.0 Å². The van der Waals surface area contributed by atoms with Gasteiger partial charge in [-0.15, -0.1) is 0 Å². The molecule has 3 fully saturated rings. The van der Waals surface area contributed by atoms with Gasteiger partial charge in [0.2, 0.25) is 17.8 Å². The summed E-state index contributed by atoms with van der Waals surface area (Å²) in [5, 5.41) is 11.2. The molecule has 4 N–H and O–H groups in total. The maximum Gasteiger partial charge on any atom is 0.342 e. The molecule has 3 aromatic rings. The van der Waals surface area contributed by atoms with Crippen LogP contribution in [0.1, 0.15) is 82.4 Å². The molecular formula is C43H49F3N10O8. The van der Waals surface area contributed by atoms with Gasteiger partial charge in [-0.2, -0.15) is 13.8 Å². The van der Waals surface area contributed by atoms with Crippen LogP contribution in [-0.4, -0.2) is 139 Å². The lowest BCUT2D eigenvalue weighted by molar-refractivity contribution is -0.140. The van der Waals surface area contributed by atoms with Gasteiger partial charge in [0.1, 0.15) is 23.3 Å². The van der Waals surface area contributed by atoms with Crippen molar-refractivity contribution in [2.75, 3.05) is 80.5 Å². The molecule has 2 unspecified atom stereocenters. The Balaban J connectivity index is 0.831. The van der Waals surface area contributed by atoms with Crippen molar-refractivity contribution in [2.45, 2.75) is 75.4 Å². The maximum atomic E-state index is 15.7. The Morgan fingerprint density at radius 3 is 2.56 bits per heavy atom. The molecule has 0 bridgehead atoms. The fourth-order valence-electron chi connectivity index (χ4n) is 9.07. The molecule has 18 nitrogen and oxygen atoms in total. The van der Waals surface area contributed by atoms with Gasteiger partial charge < -0.3 is 35.2 Å². The SMILES string of the molecule is COc1cc(C(=O)NC2CCCN(CCOCCNc3cccc4c3C(=O)N(C3CCC(=O)NC3=O)C4=O)C2)c(F)cc1Nc1ncc2c(n1)N(C1CCCC1)CC(F)(F)C(=O)N2C. The lowest BCUT2D eigenvalue weighted by Gasteiger charge is -2.33. The number of ether oxygens (including phenoxy) is 2. The zero-order valence-corrected chi connectivity index (χ0v) is 35.4. The van der Waals surface area contributed by atoms with Crippen molar-refractivity contribution < 1.29 is 51.4 Å². The minimum atomic E-state index is -3.65. The molecule has 1 aromatic heterocycles. The van der Waals surface area contributed by atoms with Crippen molar-refractivity contribution in [3.63, 3.8) is 0 Å². The Hall–Kier alpha value is -6.35. The van der Waals surface area contributed by atoms with Crippen LogP contribution >= 0.6 is 0 Å². The first-order chi connectivity index (χ1) is 30.7. The number of halogens is 3. The van der Waals surface area contributed by atoms with Gasteiger partial charge in [0.15, 0.2) is 5.82 Å². The molecule has 340 valence electrons. The second-order valence-electron chi connectivity index (χ2n) is 16.5. The summed E-state index contributed by atoms with van der Waals surface area (Å²) in [7, 11) is 2.61. The summed E-state index contributed by atoms with van der Waals surface area (Å²) in [5.74, 6) is -8.57. The first kappa shape index (κ1) is 44.3. The van der Waals surface area contributed by atoms with Crippen LogP contribution in [0, 0.1) is 5.82 Å². The Kier molecular flexibility index (Phi) is 12.7. The Morgan fingerprint density at radius 1 is 1.00 bits per heavy atom. The fourth-order valence-corrected chi connectivity index (χ4v) is 9.07. The third-order valence-electron chi connectivity index (χ3n) is 12.3. The zero-order chi connectivity index (χ0) is 45.3. The van der Waals surface area contributed by atoms with Crippen LogP contribution < -0.4 is 35.8 Å². The molecular weight excluding hydrogens is 842 g/mol. The smallest absolute Gasteiger partial charge is 0.342 e. The number of carbonyl (C=O) groups is 6. The van der Waals surface area contributed by atoms with E-state index in [-0.39, 0.29) is 77.1 Å². The highest BCUT2D eigenvalue weighted by atomic mass is 19.3. The number of nitrogens with zero attached hydrogens (tertiary/aromatic N) is 6. The van der Waals surface area contributed by atoms with Gasteiger partial charge in [0, 0.05) is 56.9 Å². The predicted molar refractivity (Wildman–Crippen MR) is 226 cm³/mol. The molecule has 5 heterocycles. The standard InChI is InChI=1S/C43H49F3N10O8/c1-53-32-21-48-42(52-36(32)55(25-8-3-4-9-25)23-43(45,46)41(53)62)50-30-20-28(44)27(19-33(30)63-2)37(58)49-24-7-6-15-54(22-24)16-18-64-17-14-47-29-11-5-10-26-35(29)40(61)56(39(26)60)31-12-13-34(57)51-38(31)59/h5,10-11,19-21,24-25,31,47H,3-4,6-9,12-18,22-23H2,1-2H3,(H,49,58)(H,48,50,52)(H,51,57,59). The first-order valence-corrected chi connectivity index (χ1v) is 21.4. The van der Waals surface area contributed by atoms with E-state index in [1.54, 1.807) is 12.1 Å². The van der Waals surface area contributed by atoms with E-state index < -0.39 is 59.8 Å². The monoisotopic (exact) mass is 890 g/mol. The molecule has 2 atom stereocenters. The second-order valence-corrected chi connectivity index (χ2v) is 16.5. The number of anilines is 5. The number of nitrogens with one attached hydrogen (secondary N) is 4. The number of benzene rings is 2. The molecule has 2 saturated heterocycles. The number of imide groups is 2. The van der Waals surface area contributed by atoms with Crippen LogP contribution in [0.25, 0.3) is 0 Å². The Bertz CT molecular complexity index is 2360.